The van der Waals surface area contributed by atoms with Crippen LogP contribution in [0.1, 0.15) is 25.7 Å². The zero-order valence-corrected chi connectivity index (χ0v) is 20.0. The van der Waals surface area contributed by atoms with Crippen molar-refractivity contribution in [2.45, 2.75) is 25.7 Å². The number of hydrogen-bond acceptors (Lipinski definition) is 4. The lowest BCUT2D eigenvalue weighted by molar-refractivity contribution is 0.205. The molecule has 0 unspecified atom stereocenters. The molecule has 1 aromatic heterocycles. The van der Waals surface area contributed by atoms with Crippen LogP contribution in [0.5, 0.6) is 11.5 Å². The predicted molar refractivity (Wildman–Crippen MR) is 132 cm³/mol. The van der Waals surface area contributed by atoms with Gasteiger partial charge in [0.25, 0.3) is 0 Å². The number of halogens is 2. The maximum Gasteiger partial charge on any atom is 0.231 e. The smallest absolute Gasteiger partial charge is 0.231 e. The molecule has 1 saturated heterocycles. The fourth-order valence-electron chi connectivity index (χ4n) is 4.46. The molecule has 32 heavy (non-hydrogen) atoms. The summed E-state index contributed by atoms with van der Waals surface area (Å²) in [4.78, 5) is 15.6. The first-order valence-corrected chi connectivity index (χ1v) is 11.8. The quantitative estimate of drug-likeness (QED) is 0.407. The van der Waals surface area contributed by atoms with Crippen LogP contribution in [0.15, 0.2) is 41.2 Å². The fraction of sp³-hybridized carbons (Fsp3) is 0.400. The standard InChI is InChI=1S/C25H28Cl2N2O3/c1-28-22(25(31-2)24(30)20-15-18(26)16-21(27)23(20)28)17-7-9-19(10-8-17)32-14-6-13-29-11-4-3-5-12-29/h7-10,15-16H,3-6,11-14H2,1-2H3. The molecule has 1 aliphatic heterocycles. The molecule has 170 valence electrons. The highest BCUT2D eigenvalue weighted by atomic mass is 35.5. The first-order valence-electron chi connectivity index (χ1n) is 11.0. The second-order valence-corrected chi connectivity index (χ2v) is 9.03. The van der Waals surface area contributed by atoms with E-state index in [1.807, 2.05) is 35.9 Å². The van der Waals surface area contributed by atoms with Crippen LogP contribution in [0.2, 0.25) is 10.0 Å². The van der Waals surface area contributed by atoms with Gasteiger partial charge in [-0.15, -0.1) is 0 Å². The molecule has 0 spiro atoms. The van der Waals surface area contributed by atoms with Crippen LogP contribution in [0.3, 0.4) is 0 Å². The van der Waals surface area contributed by atoms with Gasteiger partial charge in [0.1, 0.15) is 5.75 Å². The lowest BCUT2D eigenvalue weighted by Crippen LogP contribution is -2.31. The van der Waals surface area contributed by atoms with Gasteiger partial charge in [0.05, 0.1) is 35.3 Å². The van der Waals surface area contributed by atoms with E-state index in [1.54, 1.807) is 12.1 Å². The van der Waals surface area contributed by atoms with Crippen molar-refractivity contribution in [2.24, 2.45) is 7.05 Å². The summed E-state index contributed by atoms with van der Waals surface area (Å²) >= 11 is 12.6. The van der Waals surface area contributed by atoms with Crippen molar-refractivity contribution in [3.63, 3.8) is 0 Å². The molecule has 0 aliphatic carbocycles. The van der Waals surface area contributed by atoms with Gasteiger partial charge in [-0.25, -0.2) is 0 Å². The van der Waals surface area contributed by atoms with Crippen LogP contribution in [0, 0.1) is 0 Å². The summed E-state index contributed by atoms with van der Waals surface area (Å²) in [6, 6.07) is 11.0. The topological polar surface area (TPSA) is 43.7 Å². The largest absolute Gasteiger partial charge is 0.494 e. The molecular weight excluding hydrogens is 447 g/mol. The minimum absolute atomic E-state index is 0.238. The Kier molecular flexibility index (Phi) is 7.29. The Labute approximate surface area is 198 Å². The Morgan fingerprint density at radius 2 is 1.75 bits per heavy atom. The summed E-state index contributed by atoms with van der Waals surface area (Å²) < 4.78 is 13.3. The second-order valence-electron chi connectivity index (χ2n) is 8.18. The highest BCUT2D eigenvalue weighted by Gasteiger charge is 2.20. The molecule has 4 rings (SSSR count). The summed E-state index contributed by atoms with van der Waals surface area (Å²) in [5.74, 6) is 1.07. The third-order valence-corrected chi connectivity index (χ3v) is 6.54. The zero-order valence-electron chi connectivity index (χ0n) is 18.5. The minimum atomic E-state index is -0.238. The number of likely N-dealkylation sites (tertiary alicyclic amines) is 1. The average Bonchev–Trinajstić information content (AvgIpc) is 2.79. The molecule has 0 atom stereocenters. The van der Waals surface area contributed by atoms with Crippen LogP contribution in [-0.2, 0) is 7.05 Å². The molecule has 0 saturated carbocycles. The molecule has 2 heterocycles. The molecule has 0 amide bonds. The molecule has 1 aliphatic rings. The van der Waals surface area contributed by atoms with Gasteiger partial charge >= 0.3 is 0 Å². The molecule has 0 radical (unpaired) electrons. The summed E-state index contributed by atoms with van der Waals surface area (Å²) in [6.45, 7) is 4.18. The monoisotopic (exact) mass is 474 g/mol. The lowest BCUT2D eigenvalue weighted by Gasteiger charge is -2.26. The normalized spacial score (nSPS) is 14.6. The zero-order chi connectivity index (χ0) is 22.7. The SMILES string of the molecule is COc1c(-c2ccc(OCCCN3CCCCC3)cc2)n(C)c2c(Cl)cc(Cl)cc2c1=O. The van der Waals surface area contributed by atoms with E-state index in [2.05, 4.69) is 4.90 Å². The van der Waals surface area contributed by atoms with Gasteiger partial charge in [-0.3, -0.25) is 4.79 Å². The minimum Gasteiger partial charge on any atom is -0.494 e. The fourth-order valence-corrected chi connectivity index (χ4v) is 5.08. The number of benzene rings is 2. The van der Waals surface area contributed by atoms with Gasteiger partial charge in [0, 0.05) is 24.2 Å². The van der Waals surface area contributed by atoms with Gasteiger partial charge in [-0.1, -0.05) is 29.6 Å². The molecule has 3 aromatic rings. The Morgan fingerprint density at radius 3 is 2.44 bits per heavy atom. The van der Waals surface area contributed by atoms with Crippen LogP contribution >= 0.6 is 23.2 Å². The van der Waals surface area contributed by atoms with Crippen LogP contribution in [0.25, 0.3) is 22.2 Å². The number of aromatic nitrogens is 1. The number of aryl methyl sites for hydroxylation is 1. The number of methoxy groups -OCH3 is 1. The van der Waals surface area contributed by atoms with Gasteiger partial charge in [-0.05, 0) is 68.8 Å². The molecule has 5 nitrogen and oxygen atoms in total. The molecule has 0 N–H and O–H groups in total. The Balaban J connectivity index is 1.55. The van der Waals surface area contributed by atoms with Crippen molar-refractivity contribution in [2.75, 3.05) is 33.4 Å². The Bertz CT molecular complexity index is 1150. The van der Waals surface area contributed by atoms with E-state index in [0.717, 1.165) is 24.3 Å². The molecule has 1 fully saturated rings. The third kappa shape index (κ3) is 4.75. The van der Waals surface area contributed by atoms with Crippen LogP contribution < -0.4 is 14.9 Å². The number of pyridine rings is 1. The molecule has 2 aromatic carbocycles. The van der Waals surface area contributed by atoms with Gasteiger partial charge in [-0.2, -0.15) is 0 Å². The van der Waals surface area contributed by atoms with Gasteiger partial charge in [0.15, 0.2) is 5.75 Å². The summed E-state index contributed by atoms with van der Waals surface area (Å²) in [6.07, 6.45) is 4.98. The Morgan fingerprint density at radius 1 is 1.03 bits per heavy atom. The van der Waals surface area contributed by atoms with Gasteiger partial charge < -0.3 is 18.9 Å². The molecular formula is C25H28Cl2N2O3. The highest BCUT2D eigenvalue weighted by Crippen LogP contribution is 2.35. The summed E-state index contributed by atoms with van der Waals surface area (Å²) in [5, 5.41) is 1.26. The van der Waals surface area contributed by atoms with E-state index in [9.17, 15) is 4.79 Å². The van der Waals surface area contributed by atoms with Crippen molar-refractivity contribution in [3.05, 3.63) is 56.7 Å². The van der Waals surface area contributed by atoms with Crippen molar-refractivity contribution in [1.82, 2.24) is 9.47 Å². The van der Waals surface area contributed by atoms with E-state index < -0.39 is 0 Å². The third-order valence-electron chi connectivity index (χ3n) is 6.03. The second kappa shape index (κ2) is 10.2. The predicted octanol–water partition coefficient (Wildman–Crippen LogP) is 5.78. The van der Waals surface area contributed by atoms with Crippen molar-refractivity contribution in [1.29, 1.82) is 0 Å². The van der Waals surface area contributed by atoms with Gasteiger partial charge in [0.2, 0.25) is 5.43 Å². The van der Waals surface area contributed by atoms with E-state index in [1.165, 1.54) is 39.5 Å². The van der Waals surface area contributed by atoms with E-state index in [-0.39, 0.29) is 11.2 Å². The molecule has 0 bridgehead atoms. The number of nitrogens with zero attached hydrogens (tertiary/aromatic N) is 2. The number of rotatable bonds is 7. The number of hydrogen-bond donors (Lipinski definition) is 0. The summed E-state index contributed by atoms with van der Waals surface area (Å²) in [5.41, 5.74) is 1.88. The lowest BCUT2D eigenvalue weighted by atomic mass is 10.1. The van der Waals surface area contributed by atoms with E-state index >= 15 is 0 Å². The number of piperidine rings is 1. The Hall–Kier alpha value is -2.21. The first-order chi connectivity index (χ1) is 15.5. The van der Waals surface area contributed by atoms with Crippen molar-refractivity contribution < 1.29 is 9.47 Å². The summed E-state index contributed by atoms with van der Waals surface area (Å²) in [7, 11) is 3.36. The van der Waals surface area contributed by atoms with E-state index in [0.29, 0.717) is 33.2 Å². The van der Waals surface area contributed by atoms with Crippen LogP contribution in [0.4, 0.5) is 0 Å². The average molecular weight is 475 g/mol. The highest BCUT2D eigenvalue weighted by molar-refractivity contribution is 6.38. The maximum absolute atomic E-state index is 13.1. The van der Waals surface area contributed by atoms with E-state index in [4.69, 9.17) is 32.7 Å². The number of ether oxygens (including phenoxy) is 2. The molecule has 7 heteroatoms. The maximum atomic E-state index is 13.1. The van der Waals surface area contributed by atoms with Crippen LogP contribution in [-0.4, -0.2) is 42.8 Å². The van der Waals surface area contributed by atoms with Crippen molar-refractivity contribution >= 4 is 34.1 Å². The number of fused-ring (bicyclic) bond motifs is 1. The van der Waals surface area contributed by atoms with Crippen molar-refractivity contribution in [3.8, 4) is 22.8 Å². The first kappa shape index (κ1) is 23.0.